The van der Waals surface area contributed by atoms with E-state index in [4.69, 9.17) is 5.73 Å². The first kappa shape index (κ1) is 15.6. The van der Waals surface area contributed by atoms with Gasteiger partial charge in [-0.2, -0.15) is 4.98 Å². The van der Waals surface area contributed by atoms with E-state index in [0.717, 1.165) is 42.7 Å². The molecule has 6 heteroatoms. The largest absolute Gasteiger partial charge is 0.368 e. The number of hydrogen-bond acceptors (Lipinski definition) is 4. The Morgan fingerprint density at radius 3 is 2.57 bits per heavy atom. The zero-order valence-corrected chi connectivity index (χ0v) is 13.3. The molecular formula is C17H20F2N4. The molecule has 1 atom stereocenters. The number of nitrogens with two attached hydrogens (primary N) is 1. The molecule has 1 aliphatic rings. The molecule has 2 N–H and O–H groups in total. The Balaban J connectivity index is 1.74. The SMILES string of the molecule is Cc1nc(N)nc(N2CCC(Cc3cc(F)cc(F)c3)C2)c1C. The fourth-order valence-corrected chi connectivity index (χ4v) is 3.20. The Labute approximate surface area is 134 Å². The van der Waals surface area contributed by atoms with Crippen molar-refractivity contribution >= 4 is 11.8 Å². The summed E-state index contributed by atoms with van der Waals surface area (Å²) in [7, 11) is 0. The van der Waals surface area contributed by atoms with Gasteiger partial charge in [0.2, 0.25) is 5.95 Å². The van der Waals surface area contributed by atoms with Crippen molar-refractivity contribution in [3.8, 4) is 0 Å². The highest BCUT2D eigenvalue weighted by Crippen LogP contribution is 2.28. The summed E-state index contributed by atoms with van der Waals surface area (Å²) in [6.45, 7) is 5.56. The van der Waals surface area contributed by atoms with Gasteiger partial charge in [-0.1, -0.05) is 0 Å². The van der Waals surface area contributed by atoms with Crippen LogP contribution < -0.4 is 10.6 Å². The zero-order chi connectivity index (χ0) is 16.6. The number of anilines is 2. The molecule has 1 fully saturated rings. The quantitative estimate of drug-likeness (QED) is 0.945. The van der Waals surface area contributed by atoms with Crippen molar-refractivity contribution in [1.29, 1.82) is 0 Å². The molecule has 122 valence electrons. The van der Waals surface area contributed by atoms with E-state index < -0.39 is 11.6 Å². The van der Waals surface area contributed by atoms with Gasteiger partial charge in [-0.05, 0) is 50.3 Å². The summed E-state index contributed by atoms with van der Waals surface area (Å²) in [5, 5.41) is 0. The maximum atomic E-state index is 13.3. The van der Waals surface area contributed by atoms with Gasteiger partial charge in [-0.3, -0.25) is 0 Å². The van der Waals surface area contributed by atoms with Crippen LogP contribution in [0.15, 0.2) is 18.2 Å². The van der Waals surface area contributed by atoms with Crippen molar-refractivity contribution in [2.45, 2.75) is 26.7 Å². The van der Waals surface area contributed by atoms with E-state index in [1.165, 1.54) is 12.1 Å². The second-order valence-corrected chi connectivity index (χ2v) is 6.20. The van der Waals surface area contributed by atoms with Crippen molar-refractivity contribution in [2.24, 2.45) is 5.92 Å². The molecule has 1 unspecified atom stereocenters. The standard InChI is InChI=1S/C17H20F2N4/c1-10-11(2)21-17(20)22-16(10)23-4-3-12(9-23)5-13-6-14(18)8-15(19)7-13/h6-8,12H,3-5,9H2,1-2H3,(H2,20,21,22). The first-order chi connectivity index (χ1) is 10.9. The van der Waals surface area contributed by atoms with Crippen molar-refractivity contribution in [3.05, 3.63) is 46.7 Å². The molecule has 0 radical (unpaired) electrons. The Hall–Kier alpha value is -2.24. The molecule has 23 heavy (non-hydrogen) atoms. The molecule has 0 saturated carbocycles. The summed E-state index contributed by atoms with van der Waals surface area (Å²) in [6.07, 6.45) is 1.62. The lowest BCUT2D eigenvalue weighted by Crippen LogP contribution is -2.23. The third kappa shape index (κ3) is 3.41. The molecule has 1 aromatic heterocycles. The van der Waals surface area contributed by atoms with Crippen LogP contribution in [-0.4, -0.2) is 23.1 Å². The van der Waals surface area contributed by atoms with Crippen LogP contribution in [0.3, 0.4) is 0 Å². The summed E-state index contributed by atoms with van der Waals surface area (Å²) in [6, 6.07) is 3.72. The average molecular weight is 318 g/mol. The lowest BCUT2D eigenvalue weighted by Gasteiger charge is -2.20. The van der Waals surface area contributed by atoms with Crippen LogP contribution in [0, 0.1) is 31.4 Å². The molecule has 0 amide bonds. The van der Waals surface area contributed by atoms with Crippen molar-refractivity contribution in [2.75, 3.05) is 23.7 Å². The van der Waals surface area contributed by atoms with E-state index in [1.807, 2.05) is 13.8 Å². The number of benzene rings is 1. The maximum absolute atomic E-state index is 13.3. The summed E-state index contributed by atoms with van der Waals surface area (Å²) in [5.74, 6) is 0.434. The summed E-state index contributed by atoms with van der Waals surface area (Å²) in [5.41, 5.74) is 8.36. The molecule has 0 bridgehead atoms. The fourth-order valence-electron chi connectivity index (χ4n) is 3.20. The fraction of sp³-hybridized carbons (Fsp3) is 0.412. The van der Waals surface area contributed by atoms with Crippen LogP contribution in [-0.2, 0) is 6.42 Å². The van der Waals surface area contributed by atoms with Gasteiger partial charge < -0.3 is 10.6 Å². The van der Waals surface area contributed by atoms with Crippen molar-refractivity contribution in [3.63, 3.8) is 0 Å². The number of aromatic nitrogens is 2. The summed E-state index contributed by atoms with van der Waals surface area (Å²) < 4.78 is 26.6. The van der Waals surface area contributed by atoms with Crippen LogP contribution in [0.25, 0.3) is 0 Å². The maximum Gasteiger partial charge on any atom is 0.222 e. The van der Waals surface area contributed by atoms with E-state index in [0.29, 0.717) is 17.9 Å². The molecule has 1 saturated heterocycles. The molecule has 0 spiro atoms. The Morgan fingerprint density at radius 2 is 1.87 bits per heavy atom. The second kappa shape index (κ2) is 6.10. The van der Waals surface area contributed by atoms with Crippen molar-refractivity contribution in [1.82, 2.24) is 9.97 Å². The summed E-state index contributed by atoms with van der Waals surface area (Å²) >= 11 is 0. The van der Waals surface area contributed by atoms with Crippen molar-refractivity contribution < 1.29 is 8.78 Å². The minimum Gasteiger partial charge on any atom is -0.368 e. The first-order valence-corrected chi connectivity index (χ1v) is 7.73. The summed E-state index contributed by atoms with van der Waals surface area (Å²) in [4.78, 5) is 10.7. The van der Waals surface area contributed by atoms with E-state index in [2.05, 4.69) is 14.9 Å². The zero-order valence-electron chi connectivity index (χ0n) is 13.3. The van der Waals surface area contributed by atoms with Gasteiger partial charge in [0.25, 0.3) is 0 Å². The Morgan fingerprint density at radius 1 is 1.17 bits per heavy atom. The Kier molecular flexibility index (Phi) is 4.15. The smallest absolute Gasteiger partial charge is 0.222 e. The van der Waals surface area contributed by atoms with Crippen LogP contribution >= 0.6 is 0 Å². The molecule has 3 rings (SSSR count). The predicted molar refractivity (Wildman–Crippen MR) is 86.3 cm³/mol. The van der Waals surface area contributed by atoms with Gasteiger partial charge in [0, 0.05) is 30.4 Å². The van der Waals surface area contributed by atoms with Gasteiger partial charge in [-0.25, -0.2) is 13.8 Å². The minimum atomic E-state index is -0.523. The molecule has 1 aromatic carbocycles. The van der Waals surface area contributed by atoms with Gasteiger partial charge >= 0.3 is 0 Å². The normalized spacial score (nSPS) is 17.7. The monoisotopic (exact) mass is 318 g/mol. The van der Waals surface area contributed by atoms with Gasteiger partial charge in [0.1, 0.15) is 17.5 Å². The van der Waals surface area contributed by atoms with Crippen LogP contribution in [0.4, 0.5) is 20.5 Å². The molecule has 0 aliphatic carbocycles. The number of halogens is 2. The van der Waals surface area contributed by atoms with Gasteiger partial charge in [-0.15, -0.1) is 0 Å². The van der Waals surface area contributed by atoms with Gasteiger partial charge in [0.15, 0.2) is 0 Å². The Bertz CT molecular complexity index is 713. The molecule has 4 nitrogen and oxygen atoms in total. The van der Waals surface area contributed by atoms with E-state index in [-0.39, 0.29) is 5.95 Å². The minimum absolute atomic E-state index is 0.277. The topological polar surface area (TPSA) is 55.0 Å². The lowest BCUT2D eigenvalue weighted by molar-refractivity contribution is 0.558. The molecule has 2 heterocycles. The van der Waals surface area contributed by atoms with Crippen LogP contribution in [0.5, 0.6) is 0 Å². The molecule has 1 aliphatic heterocycles. The molecule has 2 aromatic rings. The molecular weight excluding hydrogens is 298 g/mol. The van der Waals surface area contributed by atoms with Gasteiger partial charge in [0.05, 0.1) is 0 Å². The highest BCUT2D eigenvalue weighted by atomic mass is 19.1. The number of nitrogen functional groups attached to an aromatic ring is 1. The van der Waals surface area contributed by atoms with E-state index >= 15 is 0 Å². The van der Waals surface area contributed by atoms with E-state index in [1.54, 1.807) is 0 Å². The second-order valence-electron chi connectivity index (χ2n) is 6.20. The van der Waals surface area contributed by atoms with E-state index in [9.17, 15) is 8.78 Å². The third-order valence-electron chi connectivity index (χ3n) is 4.41. The van der Waals surface area contributed by atoms with Crippen LogP contribution in [0.1, 0.15) is 23.2 Å². The number of aryl methyl sites for hydroxylation is 1. The van der Waals surface area contributed by atoms with Crippen LogP contribution in [0.2, 0.25) is 0 Å². The lowest BCUT2D eigenvalue weighted by atomic mass is 9.98. The highest BCUT2D eigenvalue weighted by molar-refractivity contribution is 5.51. The number of rotatable bonds is 3. The number of nitrogens with zero attached hydrogens (tertiary/aromatic N) is 3. The number of hydrogen-bond donors (Lipinski definition) is 1. The first-order valence-electron chi connectivity index (χ1n) is 7.73. The highest BCUT2D eigenvalue weighted by Gasteiger charge is 2.26. The predicted octanol–water partition coefficient (Wildman–Crippen LogP) is 3.02. The average Bonchev–Trinajstić information content (AvgIpc) is 2.90. The third-order valence-corrected chi connectivity index (χ3v) is 4.41.